The number of aromatic amines is 1. The normalized spacial score (nSPS) is 20.6. The van der Waals surface area contributed by atoms with Gasteiger partial charge >= 0.3 is 0 Å². The molecule has 11 heteroatoms. The average molecular weight is 552 g/mol. The molecule has 0 unspecified atom stereocenters. The topological polar surface area (TPSA) is 117 Å². The summed E-state index contributed by atoms with van der Waals surface area (Å²) in [7, 11) is 0. The second-order valence-corrected chi connectivity index (χ2v) is 11.1. The monoisotopic (exact) mass is 551 g/mol. The SMILES string of the molecule is CC(C)NC(=O)C1CCC(n2/c(=N/C(=O)c3ccnc(F)c3)[nH]c3cnc(OCCN4CCCCC4)cc32)CC1. The van der Waals surface area contributed by atoms with Crippen LogP contribution in [0.25, 0.3) is 11.0 Å². The summed E-state index contributed by atoms with van der Waals surface area (Å²) in [4.78, 5) is 43.6. The Hall–Kier alpha value is -3.60. The molecule has 1 aliphatic carbocycles. The highest BCUT2D eigenvalue weighted by Crippen LogP contribution is 2.33. The number of nitrogens with one attached hydrogen (secondary N) is 2. The van der Waals surface area contributed by atoms with Crippen molar-refractivity contribution in [3.05, 3.63) is 47.7 Å². The Kier molecular flexibility index (Phi) is 8.88. The molecule has 2 N–H and O–H groups in total. The number of pyridine rings is 2. The summed E-state index contributed by atoms with van der Waals surface area (Å²) in [5.41, 5.74) is 2.02. The fourth-order valence-corrected chi connectivity index (χ4v) is 5.70. The van der Waals surface area contributed by atoms with Crippen molar-refractivity contribution < 1.29 is 18.7 Å². The molecule has 10 nitrogen and oxygen atoms in total. The number of ether oxygens (including phenoxy) is 1. The highest BCUT2D eigenvalue weighted by Gasteiger charge is 2.29. The molecule has 0 aromatic carbocycles. The number of nitrogens with zero attached hydrogens (tertiary/aromatic N) is 5. The van der Waals surface area contributed by atoms with Crippen molar-refractivity contribution >= 4 is 22.8 Å². The van der Waals surface area contributed by atoms with Crippen molar-refractivity contribution in [1.29, 1.82) is 0 Å². The predicted octanol–water partition coefficient (Wildman–Crippen LogP) is 3.76. The summed E-state index contributed by atoms with van der Waals surface area (Å²) in [5, 5.41) is 3.02. The van der Waals surface area contributed by atoms with Crippen LogP contribution < -0.4 is 15.7 Å². The van der Waals surface area contributed by atoms with Crippen LogP contribution in [0, 0.1) is 11.9 Å². The van der Waals surface area contributed by atoms with Crippen LogP contribution in [0.1, 0.15) is 75.2 Å². The Morgan fingerprint density at radius 1 is 1.15 bits per heavy atom. The Labute approximate surface area is 233 Å². The largest absolute Gasteiger partial charge is 0.476 e. The Bertz CT molecular complexity index is 1400. The lowest BCUT2D eigenvalue weighted by Crippen LogP contribution is -2.38. The zero-order valence-corrected chi connectivity index (χ0v) is 23.2. The average Bonchev–Trinajstić information content (AvgIpc) is 3.30. The summed E-state index contributed by atoms with van der Waals surface area (Å²) < 4.78 is 21.7. The molecule has 5 rings (SSSR count). The molecule has 1 aliphatic heterocycles. The molecular weight excluding hydrogens is 513 g/mol. The van der Waals surface area contributed by atoms with Gasteiger partial charge in [-0.15, -0.1) is 0 Å². The first-order valence-corrected chi connectivity index (χ1v) is 14.3. The van der Waals surface area contributed by atoms with E-state index in [-0.39, 0.29) is 29.5 Å². The summed E-state index contributed by atoms with van der Waals surface area (Å²) in [6.07, 6.45) is 9.66. The molecule has 0 radical (unpaired) electrons. The molecule has 2 fully saturated rings. The van der Waals surface area contributed by atoms with Crippen LogP contribution in [0.2, 0.25) is 0 Å². The van der Waals surface area contributed by atoms with E-state index in [0.717, 1.165) is 62.4 Å². The van der Waals surface area contributed by atoms with Gasteiger partial charge in [-0.2, -0.15) is 9.38 Å². The van der Waals surface area contributed by atoms with Crippen LogP contribution in [0.4, 0.5) is 4.39 Å². The number of imidazole rings is 1. The molecule has 2 aliphatic rings. The number of likely N-dealkylation sites (tertiary alicyclic amines) is 1. The number of H-pyrrole nitrogens is 1. The van der Waals surface area contributed by atoms with E-state index in [9.17, 15) is 14.0 Å². The van der Waals surface area contributed by atoms with Crippen molar-refractivity contribution in [2.75, 3.05) is 26.2 Å². The minimum atomic E-state index is -0.737. The Morgan fingerprint density at radius 3 is 2.65 bits per heavy atom. The zero-order chi connectivity index (χ0) is 28.1. The van der Waals surface area contributed by atoms with Crippen molar-refractivity contribution in [1.82, 2.24) is 29.7 Å². The van der Waals surface area contributed by atoms with E-state index in [0.29, 0.717) is 18.1 Å². The number of carbonyl (C=O) groups excluding carboxylic acids is 2. The van der Waals surface area contributed by atoms with Crippen LogP contribution in [0.5, 0.6) is 5.88 Å². The van der Waals surface area contributed by atoms with Crippen molar-refractivity contribution in [2.45, 2.75) is 70.9 Å². The number of carbonyl (C=O) groups is 2. The fourth-order valence-electron chi connectivity index (χ4n) is 5.70. The van der Waals surface area contributed by atoms with E-state index in [1.165, 1.54) is 31.5 Å². The van der Waals surface area contributed by atoms with E-state index in [1.54, 1.807) is 6.20 Å². The molecule has 0 spiro atoms. The van der Waals surface area contributed by atoms with Crippen LogP contribution in [-0.4, -0.2) is 68.5 Å². The first-order chi connectivity index (χ1) is 19.4. The molecule has 1 saturated carbocycles. The third-order valence-electron chi connectivity index (χ3n) is 7.74. The fraction of sp³-hybridized carbons (Fsp3) is 0.552. The maximum absolute atomic E-state index is 13.7. The highest BCUT2D eigenvalue weighted by molar-refractivity contribution is 5.94. The number of hydrogen-bond acceptors (Lipinski definition) is 6. The van der Waals surface area contributed by atoms with Gasteiger partial charge in [-0.3, -0.25) is 14.5 Å². The summed E-state index contributed by atoms with van der Waals surface area (Å²) >= 11 is 0. The maximum Gasteiger partial charge on any atom is 0.280 e. The van der Waals surface area contributed by atoms with Crippen molar-refractivity contribution in [3.8, 4) is 5.88 Å². The number of rotatable bonds is 8. The molecule has 214 valence electrons. The molecular formula is C29H38FN7O3. The zero-order valence-electron chi connectivity index (χ0n) is 23.2. The smallest absolute Gasteiger partial charge is 0.280 e. The lowest BCUT2D eigenvalue weighted by molar-refractivity contribution is -0.126. The van der Waals surface area contributed by atoms with Gasteiger partial charge < -0.3 is 19.6 Å². The van der Waals surface area contributed by atoms with Gasteiger partial charge in [0.2, 0.25) is 23.4 Å². The van der Waals surface area contributed by atoms with Gasteiger partial charge in [0.15, 0.2) is 0 Å². The number of fused-ring (bicyclic) bond motifs is 1. The van der Waals surface area contributed by atoms with Gasteiger partial charge in [0.1, 0.15) is 6.61 Å². The summed E-state index contributed by atoms with van der Waals surface area (Å²) in [6, 6.07) is 4.52. The molecule has 2 amide bonds. The van der Waals surface area contributed by atoms with E-state index in [2.05, 4.69) is 30.2 Å². The van der Waals surface area contributed by atoms with Gasteiger partial charge in [-0.1, -0.05) is 6.42 Å². The molecule has 0 atom stereocenters. The second kappa shape index (κ2) is 12.7. The van der Waals surface area contributed by atoms with E-state index in [4.69, 9.17) is 4.74 Å². The lowest BCUT2D eigenvalue weighted by Gasteiger charge is -2.29. The van der Waals surface area contributed by atoms with Gasteiger partial charge in [0.25, 0.3) is 5.91 Å². The van der Waals surface area contributed by atoms with E-state index >= 15 is 0 Å². The molecule has 3 aromatic heterocycles. The van der Waals surface area contributed by atoms with Gasteiger partial charge in [-0.25, -0.2) is 9.97 Å². The number of piperidine rings is 1. The summed E-state index contributed by atoms with van der Waals surface area (Å²) in [6.45, 7) is 7.53. The third kappa shape index (κ3) is 6.75. The minimum Gasteiger partial charge on any atom is -0.476 e. The van der Waals surface area contributed by atoms with Crippen LogP contribution >= 0.6 is 0 Å². The highest BCUT2D eigenvalue weighted by atomic mass is 19.1. The maximum atomic E-state index is 13.7. The van der Waals surface area contributed by atoms with Gasteiger partial charge in [0, 0.05) is 48.4 Å². The van der Waals surface area contributed by atoms with Crippen LogP contribution in [-0.2, 0) is 4.79 Å². The van der Waals surface area contributed by atoms with Crippen molar-refractivity contribution in [3.63, 3.8) is 0 Å². The number of aromatic nitrogens is 4. The van der Waals surface area contributed by atoms with Gasteiger partial charge in [0.05, 0.1) is 17.2 Å². The molecule has 0 bridgehead atoms. The number of hydrogen-bond donors (Lipinski definition) is 2. The van der Waals surface area contributed by atoms with E-state index in [1.807, 2.05) is 24.5 Å². The summed E-state index contributed by atoms with van der Waals surface area (Å²) in [5.74, 6) is -0.750. The first kappa shape index (κ1) is 27.9. The Balaban J connectivity index is 1.42. The molecule has 1 saturated heterocycles. The first-order valence-electron chi connectivity index (χ1n) is 14.3. The standard InChI is InChI=1S/C29H38FN7O3/c1-19(2)33-27(38)20-6-8-22(9-7-20)37-24-17-26(40-15-14-36-12-4-3-5-13-36)32-18-23(24)34-29(37)35-28(39)21-10-11-31-25(30)16-21/h10-11,16-20,22H,3-9,12-15H2,1-2H3,(H,33,38)(H,34,35,39). The van der Waals surface area contributed by atoms with Crippen molar-refractivity contribution in [2.24, 2.45) is 10.9 Å². The number of halogens is 1. The van der Waals surface area contributed by atoms with Gasteiger partial charge in [-0.05, 0) is 71.5 Å². The molecule has 3 aromatic rings. The second-order valence-electron chi connectivity index (χ2n) is 11.1. The quantitative estimate of drug-likeness (QED) is 0.412. The lowest BCUT2D eigenvalue weighted by atomic mass is 9.85. The minimum absolute atomic E-state index is 0.0150. The third-order valence-corrected chi connectivity index (χ3v) is 7.74. The number of amides is 2. The predicted molar refractivity (Wildman–Crippen MR) is 148 cm³/mol. The molecule has 40 heavy (non-hydrogen) atoms. The van der Waals surface area contributed by atoms with E-state index < -0.39 is 11.9 Å². The van der Waals surface area contributed by atoms with Crippen LogP contribution in [0.15, 0.2) is 35.6 Å². The Morgan fingerprint density at radius 2 is 1.93 bits per heavy atom. The molecule has 4 heterocycles. The van der Waals surface area contributed by atoms with Crippen LogP contribution in [0.3, 0.4) is 0 Å².